The van der Waals surface area contributed by atoms with Gasteiger partial charge in [0.25, 0.3) is 0 Å². The predicted octanol–water partition coefficient (Wildman–Crippen LogP) is 5.28. The van der Waals surface area contributed by atoms with Crippen molar-refractivity contribution in [2.45, 2.75) is 17.1 Å². The van der Waals surface area contributed by atoms with Crippen molar-refractivity contribution in [2.75, 3.05) is 7.11 Å². The maximum atomic E-state index is 5.27. The Morgan fingerprint density at radius 3 is 2.26 bits per heavy atom. The molecule has 0 amide bonds. The number of ether oxygens (including phenoxy) is 1. The van der Waals surface area contributed by atoms with E-state index in [-0.39, 0.29) is 5.25 Å². The van der Waals surface area contributed by atoms with Crippen molar-refractivity contribution in [3.8, 4) is 5.75 Å². The number of nitrogens with zero attached hydrogens (tertiary/aromatic N) is 1. The van der Waals surface area contributed by atoms with Crippen molar-refractivity contribution in [1.29, 1.82) is 0 Å². The lowest BCUT2D eigenvalue weighted by atomic mass is 10.1. The van der Waals surface area contributed by atoms with Crippen LogP contribution in [-0.4, -0.2) is 12.1 Å². The zero-order valence-electron chi connectivity index (χ0n) is 13.3. The van der Waals surface area contributed by atoms with E-state index in [0.717, 1.165) is 5.75 Å². The van der Waals surface area contributed by atoms with Gasteiger partial charge in [0.2, 0.25) is 0 Å². The number of benzene rings is 2. The van der Waals surface area contributed by atoms with Crippen LogP contribution in [0.1, 0.15) is 21.9 Å². The largest absolute Gasteiger partial charge is 0.497 e. The van der Waals surface area contributed by atoms with Crippen LogP contribution in [0.5, 0.6) is 5.75 Å². The van der Waals surface area contributed by atoms with Gasteiger partial charge in [0.1, 0.15) is 5.75 Å². The molecule has 3 rings (SSSR count). The Morgan fingerprint density at radius 2 is 1.65 bits per heavy atom. The minimum absolute atomic E-state index is 0.206. The number of aromatic nitrogens is 1. The fraction of sp³-hybridized carbons (Fsp3) is 0.150. The lowest BCUT2D eigenvalue weighted by Gasteiger charge is -2.18. The van der Waals surface area contributed by atoms with E-state index in [1.54, 1.807) is 7.11 Å². The summed E-state index contributed by atoms with van der Waals surface area (Å²) in [6, 6.07) is 21.0. The molecule has 0 radical (unpaired) electrons. The zero-order chi connectivity index (χ0) is 16.1. The minimum Gasteiger partial charge on any atom is -0.497 e. The van der Waals surface area contributed by atoms with Gasteiger partial charge in [-0.3, -0.25) is 4.98 Å². The van der Waals surface area contributed by atoms with E-state index in [4.69, 9.17) is 4.74 Å². The van der Waals surface area contributed by atoms with Gasteiger partial charge in [-0.1, -0.05) is 35.9 Å². The van der Waals surface area contributed by atoms with E-state index >= 15 is 0 Å². The standard InChI is InChI=1S/C20H19NOS/c1-15-5-11-19(12-6-15)23-20(17-4-3-13-21-14-17)16-7-9-18(22-2)10-8-16/h3-14,20H,1-2H3. The third kappa shape index (κ3) is 3.93. The maximum absolute atomic E-state index is 5.27. The number of aryl methyl sites for hydroxylation is 1. The number of pyridine rings is 1. The first kappa shape index (κ1) is 15.6. The second-order valence-corrected chi connectivity index (χ2v) is 6.55. The molecule has 1 aromatic heterocycles. The van der Waals surface area contributed by atoms with Gasteiger partial charge in [-0.05, 0) is 48.4 Å². The summed E-state index contributed by atoms with van der Waals surface area (Å²) in [5, 5.41) is 0.206. The van der Waals surface area contributed by atoms with Gasteiger partial charge < -0.3 is 4.74 Å². The first-order valence-corrected chi connectivity index (χ1v) is 8.41. The number of hydrogen-bond acceptors (Lipinski definition) is 3. The summed E-state index contributed by atoms with van der Waals surface area (Å²) in [7, 11) is 1.69. The van der Waals surface area contributed by atoms with Crippen molar-refractivity contribution in [3.05, 3.63) is 89.7 Å². The van der Waals surface area contributed by atoms with Crippen LogP contribution in [0, 0.1) is 6.92 Å². The summed E-state index contributed by atoms with van der Waals surface area (Å²) in [4.78, 5) is 5.53. The second kappa shape index (κ2) is 7.34. The Labute approximate surface area is 141 Å². The summed E-state index contributed by atoms with van der Waals surface area (Å²) >= 11 is 1.84. The molecule has 3 heteroatoms. The predicted molar refractivity (Wildman–Crippen MR) is 96.1 cm³/mol. The van der Waals surface area contributed by atoms with E-state index in [1.807, 2.05) is 42.4 Å². The van der Waals surface area contributed by atoms with Crippen molar-refractivity contribution in [1.82, 2.24) is 4.98 Å². The van der Waals surface area contributed by atoms with Crippen LogP contribution < -0.4 is 4.74 Å². The van der Waals surface area contributed by atoms with Gasteiger partial charge in [-0.15, -0.1) is 11.8 Å². The maximum Gasteiger partial charge on any atom is 0.118 e. The summed E-state index contributed by atoms with van der Waals surface area (Å²) < 4.78 is 5.27. The summed E-state index contributed by atoms with van der Waals surface area (Å²) in [6.07, 6.45) is 3.75. The average molecular weight is 321 g/mol. The van der Waals surface area contributed by atoms with Gasteiger partial charge in [0.15, 0.2) is 0 Å². The third-order valence-corrected chi connectivity index (χ3v) is 5.00. The molecule has 1 unspecified atom stereocenters. The number of rotatable bonds is 5. The fourth-order valence-electron chi connectivity index (χ4n) is 2.39. The molecule has 0 bridgehead atoms. The van der Waals surface area contributed by atoms with E-state index in [0.29, 0.717) is 0 Å². The van der Waals surface area contributed by atoms with Crippen molar-refractivity contribution < 1.29 is 4.74 Å². The molecule has 2 nitrogen and oxygen atoms in total. The molecule has 0 spiro atoms. The van der Waals surface area contributed by atoms with Crippen LogP contribution in [0.15, 0.2) is 78.0 Å². The SMILES string of the molecule is COc1ccc(C(Sc2ccc(C)cc2)c2cccnc2)cc1. The molecule has 116 valence electrons. The van der Waals surface area contributed by atoms with E-state index in [1.165, 1.54) is 21.6 Å². The molecular weight excluding hydrogens is 302 g/mol. The zero-order valence-corrected chi connectivity index (χ0v) is 14.1. The Kier molecular flexibility index (Phi) is 4.99. The lowest BCUT2D eigenvalue weighted by molar-refractivity contribution is 0.414. The Bertz CT molecular complexity index is 739. The van der Waals surface area contributed by atoms with E-state index < -0.39 is 0 Å². The number of methoxy groups -OCH3 is 1. The molecule has 0 aliphatic rings. The molecule has 1 heterocycles. The number of thioether (sulfide) groups is 1. The highest BCUT2D eigenvalue weighted by atomic mass is 32.2. The third-order valence-electron chi connectivity index (χ3n) is 3.68. The van der Waals surface area contributed by atoms with Gasteiger partial charge in [0, 0.05) is 17.3 Å². The summed E-state index contributed by atoms with van der Waals surface area (Å²) in [5.41, 5.74) is 3.71. The van der Waals surface area contributed by atoms with Crippen molar-refractivity contribution >= 4 is 11.8 Å². The van der Waals surface area contributed by atoms with Crippen LogP contribution >= 0.6 is 11.8 Å². The molecule has 3 aromatic rings. The molecule has 0 fully saturated rings. The fourth-order valence-corrected chi connectivity index (χ4v) is 3.53. The molecule has 1 atom stereocenters. The van der Waals surface area contributed by atoms with E-state index in [2.05, 4.69) is 54.4 Å². The highest BCUT2D eigenvalue weighted by Gasteiger charge is 2.16. The highest BCUT2D eigenvalue weighted by Crippen LogP contribution is 2.40. The topological polar surface area (TPSA) is 22.1 Å². The van der Waals surface area contributed by atoms with Crippen LogP contribution in [0.4, 0.5) is 0 Å². The minimum atomic E-state index is 0.206. The van der Waals surface area contributed by atoms with Crippen LogP contribution in [-0.2, 0) is 0 Å². The van der Waals surface area contributed by atoms with E-state index in [9.17, 15) is 0 Å². The van der Waals surface area contributed by atoms with Crippen LogP contribution in [0.2, 0.25) is 0 Å². The Morgan fingerprint density at radius 1 is 0.913 bits per heavy atom. The van der Waals surface area contributed by atoms with Crippen molar-refractivity contribution in [2.24, 2.45) is 0 Å². The van der Waals surface area contributed by atoms with Gasteiger partial charge in [-0.2, -0.15) is 0 Å². The molecule has 2 aromatic carbocycles. The summed E-state index contributed by atoms with van der Waals surface area (Å²) in [6.45, 7) is 2.11. The first-order chi connectivity index (χ1) is 11.3. The molecular formula is C20H19NOS. The molecule has 0 aliphatic carbocycles. The van der Waals surface area contributed by atoms with Gasteiger partial charge in [0.05, 0.1) is 12.4 Å². The Hall–Kier alpha value is -2.26. The number of hydrogen-bond donors (Lipinski definition) is 0. The first-order valence-electron chi connectivity index (χ1n) is 7.53. The molecule has 0 saturated carbocycles. The second-order valence-electron chi connectivity index (χ2n) is 5.37. The van der Waals surface area contributed by atoms with Gasteiger partial charge in [-0.25, -0.2) is 0 Å². The normalized spacial score (nSPS) is 11.9. The smallest absolute Gasteiger partial charge is 0.118 e. The Balaban J connectivity index is 1.94. The quantitative estimate of drug-likeness (QED) is 0.597. The highest BCUT2D eigenvalue weighted by molar-refractivity contribution is 7.99. The molecule has 0 saturated heterocycles. The molecule has 0 aliphatic heterocycles. The van der Waals surface area contributed by atoms with Crippen molar-refractivity contribution in [3.63, 3.8) is 0 Å². The lowest BCUT2D eigenvalue weighted by Crippen LogP contribution is -1.98. The monoisotopic (exact) mass is 321 g/mol. The molecule has 0 N–H and O–H groups in total. The van der Waals surface area contributed by atoms with Crippen LogP contribution in [0.3, 0.4) is 0 Å². The summed E-state index contributed by atoms with van der Waals surface area (Å²) in [5.74, 6) is 0.874. The van der Waals surface area contributed by atoms with Gasteiger partial charge >= 0.3 is 0 Å². The van der Waals surface area contributed by atoms with Crippen LogP contribution in [0.25, 0.3) is 0 Å². The molecule has 23 heavy (non-hydrogen) atoms. The average Bonchev–Trinajstić information content (AvgIpc) is 2.62.